The molecule has 1 rings (SSSR count). The van der Waals surface area contributed by atoms with Crippen LogP contribution in [0.2, 0.25) is 0 Å². The summed E-state index contributed by atoms with van der Waals surface area (Å²) in [6.45, 7) is 4.07. The fourth-order valence-corrected chi connectivity index (χ4v) is 1.06. The number of rotatable bonds is 3. The van der Waals surface area contributed by atoms with E-state index in [1.807, 2.05) is 13.8 Å². The second-order valence-corrected chi connectivity index (χ2v) is 3.32. The Balaban J connectivity index is 3.07. The summed E-state index contributed by atoms with van der Waals surface area (Å²) >= 11 is 5.69. The van der Waals surface area contributed by atoms with Crippen LogP contribution in [-0.2, 0) is 5.88 Å². The number of methoxy groups -OCH3 is 1. The minimum absolute atomic E-state index is 0.289. The third-order valence-corrected chi connectivity index (χ3v) is 1.91. The Bertz CT molecular complexity index is 267. The van der Waals surface area contributed by atoms with Gasteiger partial charge in [-0.2, -0.15) is 4.98 Å². The minimum atomic E-state index is 0.289. The molecule has 0 saturated carbocycles. The van der Waals surface area contributed by atoms with E-state index in [1.54, 1.807) is 13.2 Å². The number of ether oxygens (including phenoxy) is 1. The smallest absolute Gasteiger partial charge is 0.216 e. The number of aromatic nitrogens is 2. The topological polar surface area (TPSA) is 35.0 Å². The first kappa shape index (κ1) is 10.3. The summed E-state index contributed by atoms with van der Waals surface area (Å²) in [5, 5.41) is 0. The second-order valence-electron chi connectivity index (χ2n) is 3.05. The van der Waals surface area contributed by atoms with E-state index in [4.69, 9.17) is 16.3 Å². The van der Waals surface area contributed by atoms with E-state index >= 15 is 0 Å². The zero-order chi connectivity index (χ0) is 9.84. The maximum Gasteiger partial charge on any atom is 0.216 e. The highest BCUT2D eigenvalue weighted by Gasteiger charge is 2.07. The average Bonchev–Trinajstić information content (AvgIpc) is 2.16. The zero-order valence-electron chi connectivity index (χ0n) is 8.04. The van der Waals surface area contributed by atoms with E-state index in [0.717, 1.165) is 11.5 Å². The van der Waals surface area contributed by atoms with E-state index in [2.05, 4.69) is 9.97 Å². The van der Waals surface area contributed by atoms with E-state index in [0.29, 0.717) is 11.8 Å². The molecule has 0 spiro atoms. The molecule has 3 nitrogen and oxygen atoms in total. The summed E-state index contributed by atoms with van der Waals surface area (Å²) in [7, 11) is 1.59. The second kappa shape index (κ2) is 4.42. The van der Waals surface area contributed by atoms with Crippen LogP contribution in [0.1, 0.15) is 31.3 Å². The first-order valence-electron chi connectivity index (χ1n) is 4.15. The van der Waals surface area contributed by atoms with Crippen LogP contribution in [0, 0.1) is 0 Å². The van der Waals surface area contributed by atoms with Gasteiger partial charge in [0.25, 0.3) is 0 Å². The Labute approximate surface area is 83.1 Å². The normalized spacial score (nSPS) is 10.5. The molecule has 0 bridgehead atoms. The van der Waals surface area contributed by atoms with Crippen molar-refractivity contribution in [3.63, 3.8) is 0 Å². The molecule has 1 heterocycles. The maximum absolute atomic E-state index is 5.69. The summed E-state index contributed by atoms with van der Waals surface area (Å²) in [5.41, 5.74) is 0.803. The highest BCUT2D eigenvalue weighted by atomic mass is 35.5. The molecule has 0 atom stereocenters. The molecule has 0 aromatic carbocycles. The minimum Gasteiger partial charge on any atom is -0.481 e. The number of halogens is 1. The fraction of sp³-hybridized carbons (Fsp3) is 0.556. The number of hydrogen-bond donors (Lipinski definition) is 0. The van der Waals surface area contributed by atoms with Crippen LogP contribution in [0.15, 0.2) is 6.07 Å². The van der Waals surface area contributed by atoms with Crippen molar-refractivity contribution in [1.29, 1.82) is 0 Å². The Morgan fingerprint density at radius 3 is 2.62 bits per heavy atom. The summed E-state index contributed by atoms with van der Waals surface area (Å²) in [6.07, 6.45) is 0. The molecular weight excluding hydrogens is 188 g/mol. The molecular formula is C9H13ClN2O. The Morgan fingerprint density at radius 2 is 2.15 bits per heavy atom. The maximum atomic E-state index is 5.69. The first-order chi connectivity index (χ1) is 6.17. The van der Waals surface area contributed by atoms with Crippen LogP contribution in [0.4, 0.5) is 0 Å². The van der Waals surface area contributed by atoms with Crippen molar-refractivity contribution in [1.82, 2.24) is 9.97 Å². The molecule has 4 heteroatoms. The van der Waals surface area contributed by atoms with Gasteiger partial charge in [-0.05, 0) is 0 Å². The number of alkyl halides is 1. The van der Waals surface area contributed by atoms with Gasteiger partial charge in [-0.25, -0.2) is 4.98 Å². The van der Waals surface area contributed by atoms with E-state index < -0.39 is 0 Å². The quantitative estimate of drug-likeness (QED) is 0.703. The van der Waals surface area contributed by atoms with E-state index in [1.165, 1.54) is 0 Å². The van der Waals surface area contributed by atoms with Gasteiger partial charge in [-0.15, -0.1) is 11.6 Å². The molecule has 0 N–H and O–H groups in total. The molecule has 13 heavy (non-hydrogen) atoms. The molecule has 0 amide bonds. The Hall–Kier alpha value is -0.830. The molecule has 0 radical (unpaired) electrons. The van der Waals surface area contributed by atoms with Crippen LogP contribution in [0.25, 0.3) is 0 Å². The highest BCUT2D eigenvalue weighted by molar-refractivity contribution is 6.16. The summed E-state index contributed by atoms with van der Waals surface area (Å²) < 4.78 is 5.04. The van der Waals surface area contributed by atoms with Gasteiger partial charge >= 0.3 is 0 Å². The third kappa shape index (κ3) is 2.56. The van der Waals surface area contributed by atoms with Gasteiger partial charge in [0.1, 0.15) is 5.82 Å². The number of hydrogen-bond acceptors (Lipinski definition) is 3. The van der Waals surface area contributed by atoms with Gasteiger partial charge in [-0.1, -0.05) is 13.8 Å². The molecule has 1 aromatic heterocycles. The summed E-state index contributed by atoms with van der Waals surface area (Å²) in [5.74, 6) is 2.03. The lowest BCUT2D eigenvalue weighted by Crippen LogP contribution is -2.02. The molecule has 0 unspecified atom stereocenters. The van der Waals surface area contributed by atoms with Crippen LogP contribution in [0.3, 0.4) is 0 Å². The predicted molar refractivity (Wildman–Crippen MR) is 52.2 cm³/mol. The monoisotopic (exact) mass is 200 g/mol. The van der Waals surface area contributed by atoms with Crippen LogP contribution in [-0.4, -0.2) is 17.1 Å². The first-order valence-corrected chi connectivity index (χ1v) is 4.68. The average molecular weight is 201 g/mol. The molecule has 0 aliphatic rings. The lowest BCUT2D eigenvalue weighted by Gasteiger charge is -2.07. The number of nitrogens with zero attached hydrogens (tertiary/aromatic N) is 2. The van der Waals surface area contributed by atoms with Crippen molar-refractivity contribution < 1.29 is 4.74 Å². The van der Waals surface area contributed by atoms with Crippen molar-refractivity contribution in [2.45, 2.75) is 25.6 Å². The zero-order valence-corrected chi connectivity index (χ0v) is 8.80. The van der Waals surface area contributed by atoms with Crippen molar-refractivity contribution in [2.24, 2.45) is 0 Å². The molecule has 0 aliphatic carbocycles. The standard InChI is InChI=1S/C9H13ClN2O/c1-6(2)9-11-7(5-10)4-8(12-9)13-3/h4,6H,5H2,1-3H3. The molecule has 1 aromatic rings. The van der Waals surface area contributed by atoms with Gasteiger partial charge in [0, 0.05) is 12.0 Å². The van der Waals surface area contributed by atoms with Gasteiger partial charge in [-0.3, -0.25) is 0 Å². The Kier molecular flexibility index (Phi) is 3.48. The van der Waals surface area contributed by atoms with Crippen LogP contribution >= 0.6 is 11.6 Å². The van der Waals surface area contributed by atoms with E-state index in [-0.39, 0.29) is 5.92 Å². The molecule has 0 saturated heterocycles. The van der Waals surface area contributed by atoms with Crippen LogP contribution < -0.4 is 4.74 Å². The highest BCUT2D eigenvalue weighted by Crippen LogP contribution is 2.16. The van der Waals surface area contributed by atoms with Crippen LogP contribution in [0.5, 0.6) is 5.88 Å². The SMILES string of the molecule is COc1cc(CCl)nc(C(C)C)n1. The van der Waals surface area contributed by atoms with Gasteiger partial charge in [0.15, 0.2) is 0 Å². The lowest BCUT2D eigenvalue weighted by atomic mass is 10.2. The molecule has 0 fully saturated rings. The van der Waals surface area contributed by atoms with Crippen molar-refractivity contribution in [3.8, 4) is 5.88 Å². The third-order valence-electron chi connectivity index (χ3n) is 1.64. The lowest BCUT2D eigenvalue weighted by molar-refractivity contribution is 0.393. The van der Waals surface area contributed by atoms with Gasteiger partial charge in [0.2, 0.25) is 5.88 Å². The predicted octanol–water partition coefficient (Wildman–Crippen LogP) is 2.35. The van der Waals surface area contributed by atoms with Gasteiger partial charge in [0.05, 0.1) is 18.7 Å². The van der Waals surface area contributed by atoms with Gasteiger partial charge < -0.3 is 4.74 Å². The molecule has 72 valence electrons. The van der Waals surface area contributed by atoms with Crippen molar-refractivity contribution >= 4 is 11.6 Å². The Morgan fingerprint density at radius 1 is 1.46 bits per heavy atom. The molecule has 0 aliphatic heterocycles. The van der Waals surface area contributed by atoms with E-state index in [9.17, 15) is 0 Å². The summed E-state index contributed by atoms with van der Waals surface area (Å²) in [4.78, 5) is 8.48. The van der Waals surface area contributed by atoms with Crippen molar-refractivity contribution in [2.75, 3.05) is 7.11 Å². The fourth-order valence-electron chi connectivity index (χ4n) is 0.923. The van der Waals surface area contributed by atoms with Crippen molar-refractivity contribution in [3.05, 3.63) is 17.6 Å². The summed E-state index contributed by atoms with van der Waals surface area (Å²) in [6, 6.07) is 1.75. The largest absolute Gasteiger partial charge is 0.481 e.